The number of nitrogens with one attached hydrogen (secondary N) is 1. The SMILES string of the molecule is COc1ncc(Br)cc1C(=O)NCCc1ccc(CC(=O)O)cc1. The lowest BCUT2D eigenvalue weighted by molar-refractivity contribution is -0.136. The molecule has 0 unspecified atom stereocenters. The molecule has 0 bridgehead atoms. The molecular formula is C17H17BrN2O4. The van der Waals surface area contributed by atoms with Gasteiger partial charge in [-0.15, -0.1) is 0 Å². The van der Waals surface area contributed by atoms with Crippen LogP contribution in [0.5, 0.6) is 5.88 Å². The van der Waals surface area contributed by atoms with Gasteiger partial charge in [-0.1, -0.05) is 24.3 Å². The van der Waals surface area contributed by atoms with Crippen LogP contribution in [0.2, 0.25) is 0 Å². The number of rotatable bonds is 7. The summed E-state index contributed by atoms with van der Waals surface area (Å²) in [4.78, 5) is 26.9. The molecule has 0 atom stereocenters. The van der Waals surface area contributed by atoms with Gasteiger partial charge in [-0.05, 0) is 39.5 Å². The summed E-state index contributed by atoms with van der Waals surface area (Å²) in [5.74, 6) is -0.844. The predicted molar refractivity (Wildman–Crippen MR) is 92.3 cm³/mol. The molecule has 0 aliphatic rings. The molecule has 1 heterocycles. The van der Waals surface area contributed by atoms with Crippen LogP contribution in [0.4, 0.5) is 0 Å². The fraction of sp³-hybridized carbons (Fsp3) is 0.235. The second-order valence-corrected chi connectivity index (χ2v) is 6.02. The molecule has 0 spiro atoms. The number of benzene rings is 1. The summed E-state index contributed by atoms with van der Waals surface area (Å²) in [7, 11) is 1.46. The van der Waals surface area contributed by atoms with Crippen molar-refractivity contribution in [3.05, 3.63) is 57.7 Å². The van der Waals surface area contributed by atoms with Crippen molar-refractivity contribution in [3.63, 3.8) is 0 Å². The van der Waals surface area contributed by atoms with E-state index in [1.165, 1.54) is 7.11 Å². The van der Waals surface area contributed by atoms with E-state index in [4.69, 9.17) is 9.84 Å². The van der Waals surface area contributed by atoms with Gasteiger partial charge in [0, 0.05) is 17.2 Å². The lowest BCUT2D eigenvalue weighted by atomic mass is 10.1. The van der Waals surface area contributed by atoms with Crippen molar-refractivity contribution in [2.24, 2.45) is 0 Å². The van der Waals surface area contributed by atoms with Gasteiger partial charge >= 0.3 is 5.97 Å². The molecule has 6 nitrogen and oxygen atoms in total. The zero-order chi connectivity index (χ0) is 17.5. The molecule has 0 saturated carbocycles. The molecule has 126 valence electrons. The Morgan fingerprint density at radius 2 is 1.92 bits per heavy atom. The molecule has 2 N–H and O–H groups in total. The maximum atomic E-state index is 12.2. The van der Waals surface area contributed by atoms with Crippen LogP contribution in [-0.4, -0.2) is 35.6 Å². The van der Waals surface area contributed by atoms with E-state index in [0.717, 1.165) is 11.1 Å². The van der Waals surface area contributed by atoms with Gasteiger partial charge in [0.05, 0.1) is 13.5 Å². The van der Waals surface area contributed by atoms with E-state index >= 15 is 0 Å². The average Bonchev–Trinajstić information content (AvgIpc) is 2.56. The van der Waals surface area contributed by atoms with E-state index in [2.05, 4.69) is 26.2 Å². The molecule has 0 radical (unpaired) electrons. The highest BCUT2D eigenvalue weighted by Gasteiger charge is 2.13. The summed E-state index contributed by atoms with van der Waals surface area (Å²) >= 11 is 3.28. The number of amides is 1. The third-order valence-corrected chi connectivity index (χ3v) is 3.77. The van der Waals surface area contributed by atoms with Crippen LogP contribution in [0.15, 0.2) is 41.0 Å². The Labute approximate surface area is 148 Å². The molecule has 1 aromatic heterocycles. The fourth-order valence-electron chi connectivity index (χ4n) is 2.17. The second-order valence-electron chi connectivity index (χ2n) is 5.10. The van der Waals surface area contributed by atoms with Gasteiger partial charge in [0.15, 0.2) is 0 Å². The number of ether oxygens (including phenoxy) is 1. The summed E-state index contributed by atoms with van der Waals surface area (Å²) in [5.41, 5.74) is 2.13. The van der Waals surface area contributed by atoms with Gasteiger partial charge in [-0.3, -0.25) is 9.59 Å². The number of carbonyl (C=O) groups is 2. The Morgan fingerprint density at radius 3 is 2.54 bits per heavy atom. The first-order valence-electron chi connectivity index (χ1n) is 7.27. The number of hydrogen-bond donors (Lipinski definition) is 2. The number of carboxylic acid groups (broad SMARTS) is 1. The number of nitrogens with zero attached hydrogens (tertiary/aromatic N) is 1. The lowest BCUT2D eigenvalue weighted by Gasteiger charge is -2.09. The van der Waals surface area contributed by atoms with Crippen LogP contribution in [-0.2, 0) is 17.6 Å². The predicted octanol–water partition coefficient (Wildman–Crippen LogP) is 2.45. The Hall–Kier alpha value is -2.41. The summed E-state index contributed by atoms with van der Waals surface area (Å²) in [6, 6.07) is 8.96. The number of pyridine rings is 1. The third-order valence-electron chi connectivity index (χ3n) is 3.33. The summed E-state index contributed by atoms with van der Waals surface area (Å²) in [6.07, 6.45) is 2.21. The first-order valence-corrected chi connectivity index (χ1v) is 8.06. The van der Waals surface area contributed by atoms with E-state index in [9.17, 15) is 9.59 Å². The molecule has 0 aliphatic carbocycles. The van der Waals surface area contributed by atoms with Crippen LogP contribution >= 0.6 is 15.9 Å². The molecule has 0 fully saturated rings. The maximum Gasteiger partial charge on any atom is 0.307 e. The largest absolute Gasteiger partial charge is 0.481 e. The van der Waals surface area contributed by atoms with Gasteiger partial charge in [-0.25, -0.2) is 4.98 Å². The monoisotopic (exact) mass is 392 g/mol. The van der Waals surface area contributed by atoms with Gasteiger partial charge in [0.25, 0.3) is 5.91 Å². The van der Waals surface area contributed by atoms with Crippen molar-refractivity contribution < 1.29 is 19.4 Å². The molecular weight excluding hydrogens is 376 g/mol. The highest BCUT2D eigenvalue weighted by Crippen LogP contribution is 2.19. The van der Waals surface area contributed by atoms with Crippen LogP contribution in [0.1, 0.15) is 21.5 Å². The first-order chi connectivity index (χ1) is 11.5. The minimum Gasteiger partial charge on any atom is -0.481 e. The van der Waals surface area contributed by atoms with Gasteiger partial charge in [-0.2, -0.15) is 0 Å². The van der Waals surface area contributed by atoms with Crippen molar-refractivity contribution in [2.75, 3.05) is 13.7 Å². The molecule has 1 aromatic carbocycles. The van der Waals surface area contributed by atoms with Gasteiger partial charge in [0.2, 0.25) is 5.88 Å². The standard InChI is InChI=1S/C17H17BrN2O4/c1-24-17-14(9-13(18)10-20-17)16(23)19-7-6-11-2-4-12(5-3-11)8-15(21)22/h2-5,9-10H,6-8H2,1H3,(H,19,23)(H,21,22). The van der Waals surface area contributed by atoms with E-state index in [-0.39, 0.29) is 18.2 Å². The zero-order valence-electron chi connectivity index (χ0n) is 13.1. The minimum absolute atomic E-state index is 0.00664. The number of carbonyl (C=O) groups excluding carboxylic acids is 1. The highest BCUT2D eigenvalue weighted by atomic mass is 79.9. The smallest absolute Gasteiger partial charge is 0.307 e. The Bertz CT molecular complexity index is 732. The molecule has 24 heavy (non-hydrogen) atoms. The van der Waals surface area contributed by atoms with Crippen molar-refractivity contribution in [1.29, 1.82) is 0 Å². The number of carboxylic acids is 1. The molecule has 2 rings (SSSR count). The molecule has 2 aromatic rings. The van der Waals surface area contributed by atoms with E-state index < -0.39 is 5.97 Å². The summed E-state index contributed by atoms with van der Waals surface area (Å²) in [5, 5.41) is 11.6. The summed E-state index contributed by atoms with van der Waals surface area (Å²) in [6.45, 7) is 0.451. The quantitative estimate of drug-likeness (QED) is 0.755. The van der Waals surface area contributed by atoms with E-state index in [1.807, 2.05) is 12.1 Å². The van der Waals surface area contributed by atoms with Crippen molar-refractivity contribution in [2.45, 2.75) is 12.8 Å². The van der Waals surface area contributed by atoms with Crippen LogP contribution in [0.25, 0.3) is 0 Å². The Balaban J connectivity index is 1.91. The molecule has 0 saturated heterocycles. The van der Waals surface area contributed by atoms with E-state index in [1.54, 1.807) is 24.4 Å². The van der Waals surface area contributed by atoms with Crippen LogP contribution in [0.3, 0.4) is 0 Å². The van der Waals surface area contributed by atoms with Crippen molar-refractivity contribution in [1.82, 2.24) is 10.3 Å². The third kappa shape index (κ3) is 5.06. The lowest BCUT2D eigenvalue weighted by Crippen LogP contribution is -2.26. The van der Waals surface area contributed by atoms with Crippen molar-refractivity contribution in [3.8, 4) is 5.88 Å². The second kappa shape index (κ2) is 8.44. The number of aromatic nitrogens is 1. The van der Waals surface area contributed by atoms with Crippen molar-refractivity contribution >= 4 is 27.8 Å². The highest BCUT2D eigenvalue weighted by molar-refractivity contribution is 9.10. The number of aliphatic carboxylic acids is 1. The normalized spacial score (nSPS) is 10.2. The van der Waals surface area contributed by atoms with Crippen LogP contribution in [0, 0.1) is 0 Å². The topological polar surface area (TPSA) is 88.5 Å². The minimum atomic E-state index is -0.855. The summed E-state index contributed by atoms with van der Waals surface area (Å²) < 4.78 is 5.79. The number of halogens is 1. The number of methoxy groups -OCH3 is 1. The Kier molecular flexibility index (Phi) is 6.31. The van der Waals surface area contributed by atoms with Crippen LogP contribution < -0.4 is 10.1 Å². The average molecular weight is 393 g/mol. The molecule has 0 aliphatic heterocycles. The first kappa shape index (κ1) is 17.9. The van der Waals surface area contributed by atoms with E-state index in [0.29, 0.717) is 23.0 Å². The maximum absolute atomic E-state index is 12.2. The number of hydrogen-bond acceptors (Lipinski definition) is 4. The van der Waals surface area contributed by atoms with Gasteiger partial charge in [0.1, 0.15) is 5.56 Å². The fourth-order valence-corrected chi connectivity index (χ4v) is 2.50. The molecule has 1 amide bonds. The molecule has 7 heteroatoms. The van der Waals surface area contributed by atoms with Gasteiger partial charge < -0.3 is 15.2 Å². The zero-order valence-corrected chi connectivity index (χ0v) is 14.7. The Morgan fingerprint density at radius 1 is 1.25 bits per heavy atom.